The zero-order valence-corrected chi connectivity index (χ0v) is 64.4. The zero-order valence-electron chi connectivity index (χ0n) is 62.8. The van der Waals surface area contributed by atoms with E-state index in [1.807, 2.05) is 45.2 Å². The molecule has 1 saturated heterocycles. The van der Waals surface area contributed by atoms with Gasteiger partial charge in [-0.2, -0.15) is 26.3 Å². The second kappa shape index (κ2) is 45.3. The van der Waals surface area contributed by atoms with Crippen molar-refractivity contribution in [2.75, 3.05) is 153 Å². The van der Waals surface area contributed by atoms with Gasteiger partial charge in [-0.3, -0.25) is 63.0 Å². The molecular formula is C74H93BrF6N14O18. The van der Waals surface area contributed by atoms with E-state index in [-0.39, 0.29) is 112 Å². The van der Waals surface area contributed by atoms with E-state index in [4.69, 9.17) is 29.4 Å². The number of piperazine rings is 1. The summed E-state index contributed by atoms with van der Waals surface area (Å²) < 4.78 is 94.1. The van der Waals surface area contributed by atoms with Gasteiger partial charge in [-0.05, 0) is 99.1 Å². The van der Waals surface area contributed by atoms with E-state index in [1.165, 1.54) is 24.3 Å². The predicted molar refractivity (Wildman–Crippen MR) is 405 cm³/mol. The lowest BCUT2D eigenvalue weighted by atomic mass is 9.95. The number of nitrogens with one attached hydrogen (secondary N) is 9. The van der Waals surface area contributed by atoms with Crippen LogP contribution in [0.3, 0.4) is 0 Å². The third kappa shape index (κ3) is 29.2. The van der Waals surface area contributed by atoms with Crippen molar-refractivity contribution in [1.29, 1.82) is 0 Å². The second-order valence-corrected chi connectivity index (χ2v) is 26.5. The van der Waals surface area contributed by atoms with Crippen LogP contribution in [0.15, 0.2) is 91.0 Å². The Labute approximate surface area is 654 Å². The number of nitrogens with two attached hydrogens (primary N) is 1. The van der Waals surface area contributed by atoms with Crippen molar-refractivity contribution in [1.82, 2.24) is 51.6 Å². The van der Waals surface area contributed by atoms with Crippen molar-refractivity contribution >= 4 is 132 Å². The average Bonchev–Trinajstić information content (AvgIpc) is 1.60. The predicted octanol–water partition coefficient (Wildman–Crippen LogP) is 5.34. The Bertz CT molecular complexity index is 4140. The number of likely N-dealkylation sites (N-methyl/N-ethyl adjacent to an activating group) is 1. The number of fused-ring (bicyclic) bond motifs is 4. The van der Waals surface area contributed by atoms with E-state index in [1.54, 1.807) is 66.1 Å². The topological polar surface area (TPSA) is 419 Å². The summed E-state index contributed by atoms with van der Waals surface area (Å²) in [5.41, 5.74) is 8.99. The van der Waals surface area contributed by atoms with Gasteiger partial charge >= 0.3 is 36.0 Å². The number of carbonyl (C=O) groups excluding carboxylic acids is 13. The minimum atomic E-state index is -5.77. The van der Waals surface area contributed by atoms with Gasteiger partial charge in [-0.25, -0.2) is 9.59 Å². The highest BCUT2D eigenvalue weighted by molar-refractivity contribution is 9.09. The number of aromatic nitrogens is 1. The van der Waals surface area contributed by atoms with Crippen LogP contribution in [0.2, 0.25) is 0 Å². The molecule has 11 N–H and O–H groups in total. The van der Waals surface area contributed by atoms with E-state index in [0.29, 0.717) is 117 Å². The van der Waals surface area contributed by atoms with Crippen LogP contribution in [0.25, 0.3) is 21.7 Å². The number of urea groups is 1. The van der Waals surface area contributed by atoms with Gasteiger partial charge in [0, 0.05) is 154 Å². The normalized spacial score (nSPS) is 14.6. The maximum Gasteiger partial charge on any atom is 0.458 e. The lowest BCUT2D eigenvalue weighted by molar-refractivity contribution is -0.193. The molecule has 0 bridgehead atoms. The number of benzene rings is 4. The number of rotatable bonds is 38. The third-order valence-electron chi connectivity index (χ3n) is 17.2. The van der Waals surface area contributed by atoms with Crippen LogP contribution in [-0.2, 0) is 62.1 Å². The Morgan fingerprint density at radius 2 is 1.23 bits per heavy atom. The first-order valence-electron chi connectivity index (χ1n) is 36.1. The first-order chi connectivity index (χ1) is 53.7. The van der Waals surface area contributed by atoms with Gasteiger partial charge in [0.25, 0.3) is 23.6 Å². The van der Waals surface area contributed by atoms with Crippen LogP contribution in [0, 0.1) is 5.92 Å². The highest BCUT2D eigenvalue weighted by Gasteiger charge is 2.54. The summed E-state index contributed by atoms with van der Waals surface area (Å²) in [6, 6.07) is 20.0. The SMILES string of the molecule is CCOCCNC(=O)CCN1C(=O)C=CC1=O.CCOCCOCCOCCC(=O)NCCNC(=O)CNC(C(=O)NC(CCCNC(N)=O)C(=O)Nc1ccc(C(=O)Nc2ccc3[nH]c(C(=O)N4C[C@@H](CBr)c5c4cc(OC(=O)N4CCN(C)CC4)c4ccccc54)cc3c2)cc1)C(C)C.O=C(C(=O)C(F)(F)F)C(F)(F)F. The van der Waals surface area contributed by atoms with Gasteiger partial charge in [-0.1, -0.05) is 54.0 Å². The number of alkyl halides is 7. The summed E-state index contributed by atoms with van der Waals surface area (Å²) in [4.78, 5) is 168. The van der Waals surface area contributed by atoms with Crippen LogP contribution in [0.4, 0.5) is 53.0 Å². The van der Waals surface area contributed by atoms with E-state index >= 15 is 0 Å². The summed E-state index contributed by atoms with van der Waals surface area (Å²) in [7, 11) is 2.02. The maximum atomic E-state index is 14.5. The molecule has 3 atom stereocenters. The number of ether oxygens (including phenoxy) is 5. The molecule has 113 heavy (non-hydrogen) atoms. The number of anilines is 3. The van der Waals surface area contributed by atoms with Crippen molar-refractivity contribution in [3.8, 4) is 5.75 Å². The molecular weight excluding hydrogens is 1570 g/mol. The molecule has 8 rings (SSSR count). The fraction of sp³-hybridized carbons (Fsp3) is 0.473. The number of Topliss-reactive ketones (excluding diaryl/α,β-unsaturated/α-hetero) is 2. The summed E-state index contributed by atoms with van der Waals surface area (Å²) >= 11 is 3.68. The number of aromatic amines is 1. The quantitative estimate of drug-likeness (QED) is 0.00783. The molecule has 0 saturated carbocycles. The number of halogens is 7. The number of amides is 12. The Morgan fingerprint density at radius 3 is 1.84 bits per heavy atom. The van der Waals surface area contributed by atoms with E-state index in [9.17, 15) is 88.7 Å². The number of primary amides is 1. The van der Waals surface area contributed by atoms with Gasteiger partial charge < -0.3 is 86.3 Å². The molecule has 5 aromatic rings. The van der Waals surface area contributed by atoms with Crippen LogP contribution >= 0.6 is 15.9 Å². The van der Waals surface area contributed by atoms with Gasteiger partial charge in [0.05, 0.1) is 57.9 Å². The Kier molecular flexibility index (Phi) is 36.7. The summed E-state index contributed by atoms with van der Waals surface area (Å²) in [6.45, 7) is 14.8. The molecule has 3 aliphatic rings. The summed E-state index contributed by atoms with van der Waals surface area (Å²) in [5.74, 6) is -10.2. The number of nitrogens with zero attached hydrogens (tertiary/aromatic N) is 4. The van der Waals surface area contributed by atoms with Crippen LogP contribution < -0.4 is 57.9 Å². The Balaban J connectivity index is 0.000000571. The largest absolute Gasteiger partial charge is 0.458 e. The highest BCUT2D eigenvalue weighted by atomic mass is 79.9. The van der Waals surface area contributed by atoms with Gasteiger partial charge in [0.1, 0.15) is 17.5 Å². The van der Waals surface area contributed by atoms with Crippen molar-refractivity contribution in [2.45, 2.75) is 83.7 Å². The van der Waals surface area contributed by atoms with Crippen LogP contribution in [0.1, 0.15) is 85.7 Å². The molecule has 4 heterocycles. The molecule has 1 fully saturated rings. The number of hydrogen-bond acceptors (Lipinski definition) is 20. The molecule has 616 valence electrons. The van der Waals surface area contributed by atoms with E-state index in [0.717, 1.165) is 34.3 Å². The van der Waals surface area contributed by atoms with Gasteiger partial charge in [-0.15, -0.1) is 0 Å². The number of H-pyrrole nitrogens is 1. The first kappa shape index (κ1) is 91.4. The molecule has 2 unspecified atom stereocenters. The molecule has 3 aliphatic heterocycles. The van der Waals surface area contributed by atoms with E-state index in [2.05, 4.69) is 68.3 Å². The standard InChI is InChI=1S/C59H77BrN12O12.C11H16N2O4.C4F6O2/c1-5-81-27-28-83-30-29-82-26-18-50(73)62-20-21-63-51(74)35-65-53(37(2)3)56(77)69-46(11-8-19-64-58(61)79)55(76)66-41-14-12-38(13-15-41)54(75)67-42-16-17-45-39(31-42)32-47(68-45)57(78)72-36-40(34-60)52-44-10-7-6-9-43(44)49(33-48(52)72)84-59(80)71-24-22-70(4)23-25-71;1-2-17-8-6-12-9(14)5-7-13-10(15)3-4-11(13)16;5-3(6,7)1(11)2(12)4(8,9)10/h6-7,9-10,12-17,31-33,37,40,46,53,65,68H,5,8,11,18-30,34-36H2,1-4H3,(H,62,73)(H,63,74)(H,66,76)(H,67,75)(H,69,77)(H3,61,64,79);3-4H,2,5-8H2,1H3,(H,12,14);/t40-,46?,53?;;/m1../s1. The molecule has 12 amide bonds. The van der Waals surface area contributed by atoms with Crippen molar-refractivity contribution in [2.24, 2.45) is 11.7 Å². The van der Waals surface area contributed by atoms with Crippen molar-refractivity contribution in [3.63, 3.8) is 0 Å². The molecule has 0 aliphatic carbocycles. The Morgan fingerprint density at radius 1 is 0.646 bits per heavy atom. The fourth-order valence-electron chi connectivity index (χ4n) is 11.4. The minimum absolute atomic E-state index is 0.0337. The minimum Gasteiger partial charge on any atom is -0.409 e. The molecule has 0 radical (unpaired) electrons. The van der Waals surface area contributed by atoms with Gasteiger partial charge in [0.2, 0.25) is 29.5 Å². The van der Waals surface area contributed by atoms with Crippen molar-refractivity contribution in [3.05, 3.63) is 108 Å². The highest BCUT2D eigenvalue weighted by Crippen LogP contribution is 2.46. The third-order valence-corrected chi connectivity index (χ3v) is 18.0. The number of hydrogen-bond donors (Lipinski definition) is 10. The van der Waals surface area contributed by atoms with Crippen LogP contribution in [0.5, 0.6) is 5.75 Å². The van der Waals surface area contributed by atoms with Crippen molar-refractivity contribution < 1.29 is 112 Å². The summed E-state index contributed by atoms with van der Waals surface area (Å²) in [6.07, 6.45) is -8.91. The van der Waals surface area contributed by atoms with Crippen LogP contribution in [-0.4, -0.2) is 258 Å². The molecule has 39 heteroatoms. The fourth-order valence-corrected chi connectivity index (χ4v) is 11.9. The number of ketones is 2. The smallest absolute Gasteiger partial charge is 0.409 e. The summed E-state index contributed by atoms with van der Waals surface area (Å²) in [5, 5.41) is 25.0. The molecule has 1 aromatic heterocycles. The number of imide groups is 1. The second-order valence-electron chi connectivity index (χ2n) is 25.9. The zero-order chi connectivity index (χ0) is 83.0. The maximum absolute atomic E-state index is 14.5. The lowest BCUT2D eigenvalue weighted by Crippen LogP contribution is -2.55. The molecule has 0 spiro atoms. The van der Waals surface area contributed by atoms with Gasteiger partial charge in [0.15, 0.2) is 0 Å². The van der Waals surface area contributed by atoms with E-state index < -0.39 is 71.8 Å². The number of carbonyl (C=O) groups is 13. The average molecular weight is 1660 g/mol. The first-order valence-corrected chi connectivity index (χ1v) is 37.2. The lowest BCUT2D eigenvalue weighted by Gasteiger charge is -2.31. The molecule has 4 aromatic carbocycles. The molecule has 32 nitrogen and oxygen atoms in total. The monoisotopic (exact) mass is 1660 g/mol. The Hall–Kier alpha value is -10.5.